The third kappa shape index (κ3) is 5.66. The number of nitrogens with one attached hydrogen (secondary N) is 1. The number of nitrogens with zero attached hydrogens (tertiary/aromatic N) is 1. The number of anilines is 3. The molecule has 0 amide bonds. The van der Waals surface area contributed by atoms with Crippen molar-refractivity contribution >= 4 is 50.6 Å². The summed E-state index contributed by atoms with van der Waals surface area (Å²) in [6, 6.07) is 21.6. The van der Waals surface area contributed by atoms with E-state index < -0.39 is 0 Å². The first-order valence-corrected chi connectivity index (χ1v) is 11.1. The molecule has 3 N–H and O–H groups in total. The number of hydrogen-bond donors (Lipinski definition) is 2. The second kappa shape index (κ2) is 10.1. The highest BCUT2D eigenvalue weighted by atomic mass is 16.5. The van der Waals surface area contributed by atoms with Gasteiger partial charge < -0.3 is 20.6 Å². The van der Waals surface area contributed by atoms with Crippen molar-refractivity contribution in [1.82, 2.24) is 4.98 Å². The summed E-state index contributed by atoms with van der Waals surface area (Å²) in [6.45, 7) is 1.70. The van der Waals surface area contributed by atoms with E-state index in [4.69, 9.17) is 15.5 Å². The number of nitrogen functional groups attached to an aromatic ring is 1. The van der Waals surface area contributed by atoms with E-state index in [2.05, 4.69) is 5.32 Å². The Bertz CT molecular complexity index is 1260. The molecule has 0 bridgehead atoms. The highest BCUT2D eigenvalue weighted by Crippen LogP contribution is 2.33. The van der Waals surface area contributed by atoms with Crippen LogP contribution >= 0.6 is 0 Å². The van der Waals surface area contributed by atoms with E-state index in [1.807, 2.05) is 60.7 Å². The number of fused-ring (bicyclic) bond motifs is 2. The topological polar surface area (TPSA) is 94.3 Å². The summed E-state index contributed by atoms with van der Waals surface area (Å²) in [7, 11) is 0. The fourth-order valence-electron chi connectivity index (χ4n) is 3.87. The molecule has 0 unspecified atom stereocenters. The van der Waals surface area contributed by atoms with E-state index in [-0.39, 0.29) is 18.4 Å². The second-order valence-electron chi connectivity index (χ2n) is 8.18. The SMILES string of the molecule is CC(=O)CCCCC(=O)OCc1cc(N)cc(Nc2c3ccccc3nc3ccccc23)c1. The molecule has 0 atom stereocenters. The van der Waals surface area contributed by atoms with Gasteiger partial charge in [-0.05, 0) is 55.7 Å². The van der Waals surface area contributed by atoms with Crippen LogP contribution in [0.1, 0.15) is 38.2 Å². The first kappa shape index (κ1) is 22.3. The molecule has 3 aromatic carbocycles. The number of pyridine rings is 1. The van der Waals surface area contributed by atoms with Gasteiger partial charge in [0.25, 0.3) is 0 Å². The molecule has 0 aliphatic rings. The number of benzene rings is 3. The van der Waals surface area contributed by atoms with Crippen LogP contribution in [0.4, 0.5) is 17.1 Å². The molecule has 1 aromatic heterocycles. The second-order valence-corrected chi connectivity index (χ2v) is 8.18. The summed E-state index contributed by atoms with van der Waals surface area (Å²) in [6.07, 6.45) is 2.14. The summed E-state index contributed by atoms with van der Waals surface area (Å²) in [5, 5.41) is 5.54. The van der Waals surface area contributed by atoms with Crippen LogP contribution in [0.15, 0.2) is 66.7 Å². The largest absolute Gasteiger partial charge is 0.461 e. The van der Waals surface area contributed by atoms with Crippen molar-refractivity contribution in [2.45, 2.75) is 39.2 Å². The van der Waals surface area contributed by atoms with Gasteiger partial charge in [0.2, 0.25) is 0 Å². The lowest BCUT2D eigenvalue weighted by molar-refractivity contribution is -0.145. The Hall–Kier alpha value is -3.93. The average molecular weight is 442 g/mol. The third-order valence-corrected chi connectivity index (χ3v) is 5.43. The number of esters is 1. The molecular formula is C27H27N3O3. The normalized spacial score (nSPS) is 10.9. The average Bonchev–Trinajstić information content (AvgIpc) is 2.80. The number of rotatable bonds is 9. The lowest BCUT2D eigenvalue weighted by Crippen LogP contribution is -2.05. The summed E-state index contributed by atoms with van der Waals surface area (Å²) in [5.41, 5.74) is 11.1. The monoisotopic (exact) mass is 441 g/mol. The number of Topliss-reactive ketones (excluding diaryl/α,β-unsaturated/α-hetero) is 1. The smallest absolute Gasteiger partial charge is 0.306 e. The molecule has 0 fully saturated rings. The Balaban J connectivity index is 1.52. The Morgan fingerprint density at radius 1 is 0.909 bits per heavy atom. The van der Waals surface area contributed by atoms with Gasteiger partial charge in [0, 0.05) is 35.0 Å². The number of unbranched alkanes of at least 4 members (excludes halogenated alkanes) is 1. The van der Waals surface area contributed by atoms with Crippen molar-refractivity contribution in [3.8, 4) is 0 Å². The molecule has 0 saturated heterocycles. The van der Waals surface area contributed by atoms with Gasteiger partial charge in [-0.25, -0.2) is 4.98 Å². The molecule has 0 saturated carbocycles. The Morgan fingerprint density at radius 2 is 1.55 bits per heavy atom. The molecular weight excluding hydrogens is 414 g/mol. The van der Waals surface area contributed by atoms with Gasteiger partial charge in [0.1, 0.15) is 12.4 Å². The van der Waals surface area contributed by atoms with Gasteiger partial charge in [0.05, 0.1) is 16.7 Å². The Kier molecular flexibility index (Phi) is 6.83. The van der Waals surface area contributed by atoms with Crippen molar-refractivity contribution in [3.63, 3.8) is 0 Å². The number of carbonyl (C=O) groups excluding carboxylic acids is 2. The van der Waals surface area contributed by atoms with Gasteiger partial charge in [0.15, 0.2) is 0 Å². The van der Waals surface area contributed by atoms with E-state index in [9.17, 15) is 9.59 Å². The zero-order valence-electron chi connectivity index (χ0n) is 18.6. The van der Waals surface area contributed by atoms with Crippen molar-refractivity contribution in [1.29, 1.82) is 0 Å². The van der Waals surface area contributed by atoms with E-state index in [1.165, 1.54) is 0 Å². The predicted octanol–water partition coefficient (Wildman–Crippen LogP) is 5.91. The van der Waals surface area contributed by atoms with Gasteiger partial charge >= 0.3 is 5.97 Å². The number of aromatic nitrogens is 1. The first-order chi connectivity index (χ1) is 16.0. The van der Waals surface area contributed by atoms with Crippen LogP contribution in [-0.2, 0) is 20.9 Å². The lowest BCUT2D eigenvalue weighted by Gasteiger charge is -2.15. The minimum atomic E-state index is -0.276. The van der Waals surface area contributed by atoms with Crippen molar-refractivity contribution in [2.24, 2.45) is 0 Å². The minimum Gasteiger partial charge on any atom is -0.461 e. The fourth-order valence-corrected chi connectivity index (χ4v) is 3.87. The molecule has 1 heterocycles. The minimum absolute atomic E-state index is 0.137. The molecule has 0 aliphatic heterocycles. The van der Waals surface area contributed by atoms with Gasteiger partial charge in [-0.15, -0.1) is 0 Å². The zero-order chi connectivity index (χ0) is 23.2. The van der Waals surface area contributed by atoms with Crippen LogP contribution < -0.4 is 11.1 Å². The fraction of sp³-hybridized carbons (Fsp3) is 0.222. The maximum Gasteiger partial charge on any atom is 0.306 e. The maximum absolute atomic E-state index is 12.1. The summed E-state index contributed by atoms with van der Waals surface area (Å²) in [5.74, 6) is -0.139. The van der Waals surface area contributed by atoms with Crippen LogP contribution in [0, 0.1) is 0 Å². The van der Waals surface area contributed by atoms with Crippen molar-refractivity contribution < 1.29 is 14.3 Å². The van der Waals surface area contributed by atoms with E-state index in [1.54, 1.807) is 13.0 Å². The molecule has 4 aromatic rings. The number of ether oxygens (including phenoxy) is 1. The Labute approximate surface area is 192 Å². The third-order valence-electron chi connectivity index (χ3n) is 5.43. The van der Waals surface area contributed by atoms with Crippen LogP contribution in [-0.4, -0.2) is 16.7 Å². The first-order valence-electron chi connectivity index (χ1n) is 11.1. The summed E-state index contributed by atoms with van der Waals surface area (Å²) < 4.78 is 5.42. The van der Waals surface area contributed by atoms with Gasteiger partial charge in [-0.2, -0.15) is 0 Å². The number of nitrogens with two attached hydrogens (primary N) is 1. The Morgan fingerprint density at radius 3 is 2.21 bits per heavy atom. The standard InChI is InChI=1S/C27H27N3O3/c1-18(31)8-2-7-13-26(32)33-17-19-14-20(28)16-21(15-19)29-27-22-9-3-5-11-24(22)30-25-12-6-4-10-23(25)27/h3-6,9-12,14-16H,2,7-8,13,17,28H2,1H3,(H,29,30). The maximum atomic E-state index is 12.1. The van der Waals surface area contributed by atoms with Crippen molar-refractivity contribution in [2.75, 3.05) is 11.1 Å². The summed E-state index contributed by atoms with van der Waals surface area (Å²) >= 11 is 0. The number of para-hydroxylation sites is 2. The number of carbonyl (C=O) groups is 2. The van der Waals surface area contributed by atoms with Crippen molar-refractivity contribution in [3.05, 3.63) is 72.3 Å². The molecule has 6 heteroatoms. The molecule has 168 valence electrons. The van der Waals surface area contributed by atoms with E-state index in [0.29, 0.717) is 31.4 Å². The number of ketones is 1. The van der Waals surface area contributed by atoms with E-state index >= 15 is 0 Å². The summed E-state index contributed by atoms with van der Waals surface area (Å²) in [4.78, 5) is 27.8. The van der Waals surface area contributed by atoms with Crippen LogP contribution in [0.5, 0.6) is 0 Å². The van der Waals surface area contributed by atoms with E-state index in [0.717, 1.165) is 38.7 Å². The predicted molar refractivity (Wildman–Crippen MR) is 132 cm³/mol. The number of hydrogen-bond acceptors (Lipinski definition) is 6. The van der Waals surface area contributed by atoms with Crippen LogP contribution in [0.25, 0.3) is 21.8 Å². The van der Waals surface area contributed by atoms with Gasteiger partial charge in [-0.1, -0.05) is 36.4 Å². The quantitative estimate of drug-likeness (QED) is 0.145. The molecule has 0 radical (unpaired) electrons. The molecule has 0 spiro atoms. The molecule has 4 rings (SSSR count). The van der Waals surface area contributed by atoms with Gasteiger partial charge in [-0.3, -0.25) is 4.79 Å². The van der Waals surface area contributed by atoms with Crippen LogP contribution in [0.3, 0.4) is 0 Å². The highest BCUT2D eigenvalue weighted by molar-refractivity contribution is 6.08. The molecule has 6 nitrogen and oxygen atoms in total. The lowest BCUT2D eigenvalue weighted by atomic mass is 10.1. The zero-order valence-corrected chi connectivity index (χ0v) is 18.6. The highest BCUT2D eigenvalue weighted by Gasteiger charge is 2.11. The van der Waals surface area contributed by atoms with Crippen LogP contribution in [0.2, 0.25) is 0 Å². The molecule has 33 heavy (non-hydrogen) atoms. The molecule has 0 aliphatic carbocycles.